The van der Waals surface area contributed by atoms with E-state index in [1.165, 1.54) is 31.5 Å². The van der Waals surface area contributed by atoms with Crippen LogP contribution in [0.4, 0.5) is 17.5 Å². The van der Waals surface area contributed by atoms with Crippen molar-refractivity contribution in [1.29, 1.82) is 0 Å². The Kier molecular flexibility index (Phi) is 5.81. The normalized spacial score (nSPS) is 15.9. The Morgan fingerprint density at radius 3 is 2.86 bits per heavy atom. The average molecular weight is 383 g/mol. The summed E-state index contributed by atoms with van der Waals surface area (Å²) in [6.07, 6.45) is 4.57. The highest BCUT2D eigenvalue weighted by Crippen LogP contribution is 2.39. The van der Waals surface area contributed by atoms with E-state index in [2.05, 4.69) is 31.6 Å². The number of anilines is 3. The van der Waals surface area contributed by atoms with Gasteiger partial charge < -0.3 is 25.0 Å². The molecular formula is C21H29N5O2. The molecule has 4 rings (SSSR count). The molecule has 2 aliphatic heterocycles. The van der Waals surface area contributed by atoms with Crippen LogP contribution < -0.4 is 20.1 Å². The molecule has 0 amide bonds. The number of aryl methyl sites for hydroxylation is 1. The Labute approximate surface area is 166 Å². The number of rotatable bonds is 8. The third-order valence-corrected chi connectivity index (χ3v) is 5.19. The lowest BCUT2D eigenvalue weighted by Gasteiger charge is -2.16. The highest BCUT2D eigenvalue weighted by molar-refractivity contribution is 5.64. The van der Waals surface area contributed by atoms with E-state index in [1.807, 2.05) is 26.1 Å². The molecule has 0 radical (unpaired) electrons. The smallest absolute Gasteiger partial charge is 0.229 e. The van der Waals surface area contributed by atoms with Crippen molar-refractivity contribution in [2.75, 3.05) is 50.5 Å². The Morgan fingerprint density at radius 2 is 2.04 bits per heavy atom. The van der Waals surface area contributed by atoms with Crippen LogP contribution in [0.3, 0.4) is 0 Å². The van der Waals surface area contributed by atoms with E-state index in [0.29, 0.717) is 19.2 Å². The van der Waals surface area contributed by atoms with Gasteiger partial charge in [0.1, 0.15) is 5.82 Å². The maximum Gasteiger partial charge on any atom is 0.229 e. The predicted octanol–water partition coefficient (Wildman–Crippen LogP) is 3.37. The lowest BCUT2D eigenvalue weighted by Crippen LogP contribution is -2.21. The Morgan fingerprint density at radius 1 is 1.18 bits per heavy atom. The topological polar surface area (TPSA) is 71.5 Å². The summed E-state index contributed by atoms with van der Waals surface area (Å²) in [6.45, 7) is 6.91. The third kappa shape index (κ3) is 4.47. The highest BCUT2D eigenvalue weighted by atomic mass is 16.5. The predicted molar refractivity (Wildman–Crippen MR) is 111 cm³/mol. The fourth-order valence-electron chi connectivity index (χ4n) is 3.81. The van der Waals surface area contributed by atoms with Gasteiger partial charge in [0.05, 0.1) is 13.2 Å². The van der Waals surface area contributed by atoms with E-state index < -0.39 is 0 Å². The molecule has 0 atom stereocenters. The van der Waals surface area contributed by atoms with Crippen LogP contribution in [0.15, 0.2) is 18.2 Å². The van der Waals surface area contributed by atoms with Crippen LogP contribution in [0.2, 0.25) is 0 Å². The lowest BCUT2D eigenvalue weighted by atomic mass is 10.1. The molecule has 2 aliphatic rings. The van der Waals surface area contributed by atoms with Gasteiger partial charge in [0.2, 0.25) is 5.95 Å². The van der Waals surface area contributed by atoms with Crippen molar-refractivity contribution >= 4 is 17.5 Å². The second kappa shape index (κ2) is 8.65. The van der Waals surface area contributed by atoms with Gasteiger partial charge in [0.25, 0.3) is 0 Å². The fraction of sp³-hybridized carbons (Fsp3) is 0.524. The SMILES string of the molecule is CNc1cc(C)nc(Nc2cc3c(c(OCCCN4CCCC4)c2)OCC3)n1. The largest absolute Gasteiger partial charge is 0.490 e. The molecule has 1 saturated heterocycles. The highest BCUT2D eigenvalue weighted by Gasteiger charge is 2.20. The minimum absolute atomic E-state index is 0.572. The molecule has 2 aromatic rings. The van der Waals surface area contributed by atoms with Gasteiger partial charge in [0.15, 0.2) is 11.5 Å². The molecule has 3 heterocycles. The van der Waals surface area contributed by atoms with Gasteiger partial charge >= 0.3 is 0 Å². The summed E-state index contributed by atoms with van der Waals surface area (Å²) in [7, 11) is 1.85. The number of nitrogens with one attached hydrogen (secondary N) is 2. The summed E-state index contributed by atoms with van der Waals surface area (Å²) in [4.78, 5) is 11.5. The van der Waals surface area contributed by atoms with Gasteiger partial charge in [-0.3, -0.25) is 0 Å². The fourth-order valence-corrected chi connectivity index (χ4v) is 3.81. The first kappa shape index (κ1) is 18.8. The van der Waals surface area contributed by atoms with Crippen molar-refractivity contribution in [3.8, 4) is 11.5 Å². The van der Waals surface area contributed by atoms with E-state index in [-0.39, 0.29) is 0 Å². The standard InChI is InChI=1S/C21H29N5O2/c1-15-12-19(22-2)25-21(23-15)24-17-13-16-6-11-28-20(16)18(14-17)27-10-5-9-26-7-3-4-8-26/h12-14H,3-11H2,1-2H3,(H2,22,23,24,25). The number of ether oxygens (including phenoxy) is 2. The molecule has 0 bridgehead atoms. The number of nitrogens with zero attached hydrogens (tertiary/aromatic N) is 3. The minimum Gasteiger partial charge on any atom is -0.490 e. The Bertz CT molecular complexity index is 821. The summed E-state index contributed by atoms with van der Waals surface area (Å²) in [5.41, 5.74) is 3.00. The number of aromatic nitrogens is 2. The van der Waals surface area contributed by atoms with E-state index >= 15 is 0 Å². The van der Waals surface area contributed by atoms with E-state index in [9.17, 15) is 0 Å². The molecule has 0 saturated carbocycles. The first-order valence-electron chi connectivity index (χ1n) is 10.2. The summed E-state index contributed by atoms with van der Waals surface area (Å²) in [6, 6.07) is 6.01. The molecular weight excluding hydrogens is 354 g/mol. The number of likely N-dealkylation sites (tertiary alicyclic amines) is 1. The van der Waals surface area contributed by atoms with Crippen molar-refractivity contribution in [3.05, 3.63) is 29.5 Å². The van der Waals surface area contributed by atoms with Gasteiger partial charge in [-0.05, 0) is 45.3 Å². The van der Waals surface area contributed by atoms with Crippen LogP contribution in [0.25, 0.3) is 0 Å². The van der Waals surface area contributed by atoms with Crippen molar-refractivity contribution in [3.63, 3.8) is 0 Å². The second-order valence-corrected chi connectivity index (χ2v) is 7.41. The number of hydrogen-bond donors (Lipinski definition) is 2. The lowest BCUT2D eigenvalue weighted by molar-refractivity contribution is 0.251. The molecule has 7 nitrogen and oxygen atoms in total. The molecule has 7 heteroatoms. The summed E-state index contributed by atoms with van der Waals surface area (Å²) in [5.74, 6) is 3.05. The van der Waals surface area contributed by atoms with E-state index in [4.69, 9.17) is 9.47 Å². The average Bonchev–Trinajstić information content (AvgIpc) is 3.36. The van der Waals surface area contributed by atoms with Crippen molar-refractivity contribution in [1.82, 2.24) is 14.9 Å². The summed E-state index contributed by atoms with van der Waals surface area (Å²) >= 11 is 0. The van der Waals surface area contributed by atoms with Crippen LogP contribution in [-0.4, -0.2) is 54.8 Å². The first-order valence-corrected chi connectivity index (χ1v) is 10.2. The van der Waals surface area contributed by atoms with Gasteiger partial charge in [-0.15, -0.1) is 0 Å². The van der Waals surface area contributed by atoms with Crippen molar-refractivity contribution in [2.45, 2.75) is 32.6 Å². The zero-order valence-corrected chi connectivity index (χ0v) is 16.8. The Balaban J connectivity index is 1.45. The van der Waals surface area contributed by atoms with Crippen LogP contribution in [0, 0.1) is 6.92 Å². The molecule has 1 fully saturated rings. The third-order valence-electron chi connectivity index (χ3n) is 5.19. The van der Waals surface area contributed by atoms with Gasteiger partial charge in [-0.25, -0.2) is 4.98 Å². The molecule has 0 spiro atoms. The molecule has 28 heavy (non-hydrogen) atoms. The zero-order valence-electron chi connectivity index (χ0n) is 16.8. The zero-order chi connectivity index (χ0) is 19.3. The summed E-state index contributed by atoms with van der Waals surface area (Å²) in [5, 5.41) is 6.38. The second-order valence-electron chi connectivity index (χ2n) is 7.41. The molecule has 1 aromatic heterocycles. The van der Waals surface area contributed by atoms with Gasteiger partial charge in [0, 0.05) is 49.1 Å². The minimum atomic E-state index is 0.572. The molecule has 1 aromatic carbocycles. The molecule has 0 aliphatic carbocycles. The number of fused-ring (bicyclic) bond motifs is 1. The quantitative estimate of drug-likeness (QED) is 0.677. The van der Waals surface area contributed by atoms with Crippen LogP contribution >= 0.6 is 0 Å². The first-order chi connectivity index (χ1) is 13.7. The van der Waals surface area contributed by atoms with E-state index in [0.717, 1.165) is 48.1 Å². The number of benzene rings is 1. The van der Waals surface area contributed by atoms with Crippen molar-refractivity contribution in [2.24, 2.45) is 0 Å². The van der Waals surface area contributed by atoms with E-state index in [1.54, 1.807) is 0 Å². The Hall–Kier alpha value is -2.54. The molecule has 0 unspecified atom stereocenters. The molecule has 150 valence electrons. The van der Waals surface area contributed by atoms with Crippen LogP contribution in [-0.2, 0) is 6.42 Å². The summed E-state index contributed by atoms with van der Waals surface area (Å²) < 4.78 is 11.9. The van der Waals surface area contributed by atoms with Crippen LogP contribution in [0.5, 0.6) is 11.5 Å². The van der Waals surface area contributed by atoms with Gasteiger partial charge in [-0.1, -0.05) is 0 Å². The number of hydrogen-bond acceptors (Lipinski definition) is 7. The molecule has 2 N–H and O–H groups in total. The monoisotopic (exact) mass is 383 g/mol. The maximum atomic E-state index is 6.11. The van der Waals surface area contributed by atoms with Crippen LogP contribution in [0.1, 0.15) is 30.5 Å². The van der Waals surface area contributed by atoms with Gasteiger partial charge in [-0.2, -0.15) is 4.98 Å². The van der Waals surface area contributed by atoms with Crippen molar-refractivity contribution < 1.29 is 9.47 Å². The maximum absolute atomic E-state index is 6.11.